The molecule has 1 N–H and O–H groups in total. The molecule has 204 valence electrons. The number of nitrogens with zero attached hydrogens (tertiary/aromatic N) is 2. The topological polar surface area (TPSA) is 89.0 Å². The van der Waals surface area contributed by atoms with Crippen LogP contribution in [0.4, 0.5) is 4.39 Å². The van der Waals surface area contributed by atoms with Crippen LogP contribution in [-0.4, -0.2) is 46.9 Å². The monoisotopic (exact) mass is 558 g/mol. The molecule has 1 aromatic heterocycles. The van der Waals surface area contributed by atoms with E-state index in [1.165, 1.54) is 35.5 Å². The average Bonchev–Trinajstić information content (AvgIpc) is 3.48. The number of benzene rings is 3. The van der Waals surface area contributed by atoms with E-state index in [1.54, 1.807) is 43.3 Å². The minimum absolute atomic E-state index is 0.0110. The fourth-order valence-corrected chi connectivity index (χ4v) is 5.63. The van der Waals surface area contributed by atoms with Gasteiger partial charge in [-0.3, -0.25) is 9.59 Å². The van der Waals surface area contributed by atoms with Crippen LogP contribution in [0.2, 0.25) is 0 Å². The van der Waals surface area contributed by atoms with E-state index in [-0.39, 0.29) is 31.1 Å². The predicted molar refractivity (Wildman–Crippen MR) is 150 cm³/mol. The number of hydrogen-bond donors (Lipinski definition) is 1. The molecule has 0 bridgehead atoms. The number of ketones is 1. The van der Waals surface area contributed by atoms with Gasteiger partial charge in [-0.05, 0) is 42.3 Å². The highest BCUT2D eigenvalue weighted by atomic mass is 32.1. The van der Waals surface area contributed by atoms with Crippen molar-refractivity contribution in [2.75, 3.05) is 20.3 Å². The maximum atomic E-state index is 14.0. The summed E-state index contributed by atoms with van der Waals surface area (Å²) >= 11 is 1.23. The normalized spacial score (nSPS) is 15.1. The third-order valence-corrected chi connectivity index (χ3v) is 7.81. The molecule has 5 rings (SSSR count). The fraction of sp³-hybridized carbons (Fsp3) is 0.194. The smallest absolute Gasteiger partial charge is 0.290 e. The van der Waals surface area contributed by atoms with Gasteiger partial charge in [-0.2, -0.15) is 0 Å². The van der Waals surface area contributed by atoms with E-state index >= 15 is 0 Å². The van der Waals surface area contributed by atoms with Crippen LogP contribution in [0.25, 0.3) is 10.6 Å². The Labute approximate surface area is 235 Å². The number of carbonyl (C=O) groups excluding carboxylic acids is 2. The van der Waals surface area contributed by atoms with Crippen LogP contribution in [0, 0.1) is 12.7 Å². The van der Waals surface area contributed by atoms with Crippen LogP contribution in [0.1, 0.15) is 32.5 Å². The summed E-state index contributed by atoms with van der Waals surface area (Å²) in [7, 11) is 1.52. The third-order valence-electron chi connectivity index (χ3n) is 6.60. The van der Waals surface area contributed by atoms with Gasteiger partial charge < -0.3 is 19.5 Å². The van der Waals surface area contributed by atoms with Gasteiger partial charge in [-0.25, -0.2) is 9.37 Å². The van der Waals surface area contributed by atoms with Crippen molar-refractivity contribution in [1.82, 2.24) is 9.88 Å². The second kappa shape index (κ2) is 11.8. The number of Topliss-reactive ketones (excluding diaryl/α,β-unsaturated/α-hetero) is 1. The molecule has 0 spiro atoms. The molecular weight excluding hydrogens is 531 g/mol. The van der Waals surface area contributed by atoms with Crippen LogP contribution in [-0.2, 0) is 16.1 Å². The van der Waals surface area contributed by atoms with E-state index in [1.807, 2.05) is 30.3 Å². The quantitative estimate of drug-likeness (QED) is 0.238. The minimum Gasteiger partial charge on any atom is -0.503 e. The number of thiazole rings is 1. The standard InChI is InChI=1S/C31H27FN2O5S/c1-19-29(40-30(33-19)21-7-4-3-5-8-21)27(35)25-26(34(15-16-38-2)31(37)28(25)36)22-9-6-10-24(17-22)39-18-20-11-13-23(32)14-12-20/h3-14,17,26,36H,15-16,18H2,1-2H3. The zero-order valence-corrected chi connectivity index (χ0v) is 22.8. The van der Waals surface area contributed by atoms with Gasteiger partial charge in [-0.1, -0.05) is 54.6 Å². The van der Waals surface area contributed by atoms with E-state index in [9.17, 15) is 19.1 Å². The minimum atomic E-state index is -0.855. The molecule has 40 heavy (non-hydrogen) atoms. The number of aryl methyl sites for hydroxylation is 1. The first-order chi connectivity index (χ1) is 19.4. The molecule has 1 atom stereocenters. The molecule has 0 radical (unpaired) electrons. The van der Waals surface area contributed by atoms with Gasteiger partial charge >= 0.3 is 0 Å². The van der Waals surface area contributed by atoms with E-state index in [2.05, 4.69) is 4.98 Å². The Hall–Kier alpha value is -4.34. The lowest BCUT2D eigenvalue weighted by Gasteiger charge is -2.26. The lowest BCUT2D eigenvalue weighted by Crippen LogP contribution is -2.34. The highest BCUT2D eigenvalue weighted by Gasteiger charge is 2.44. The molecule has 2 heterocycles. The lowest BCUT2D eigenvalue weighted by atomic mass is 9.95. The summed E-state index contributed by atoms with van der Waals surface area (Å²) in [6.45, 7) is 2.33. The molecule has 1 unspecified atom stereocenters. The zero-order chi connectivity index (χ0) is 28.2. The van der Waals surface area contributed by atoms with Crippen molar-refractivity contribution >= 4 is 23.0 Å². The zero-order valence-electron chi connectivity index (χ0n) is 22.0. The Bertz CT molecular complexity index is 1570. The second-order valence-electron chi connectivity index (χ2n) is 9.27. The Morgan fingerprint density at radius 2 is 1.82 bits per heavy atom. The molecule has 9 heteroatoms. The van der Waals surface area contributed by atoms with E-state index in [4.69, 9.17) is 9.47 Å². The van der Waals surface area contributed by atoms with E-state index in [0.29, 0.717) is 26.9 Å². The van der Waals surface area contributed by atoms with Crippen molar-refractivity contribution in [3.8, 4) is 16.3 Å². The molecule has 0 saturated carbocycles. The number of carbonyl (C=O) groups is 2. The Morgan fingerprint density at radius 1 is 1.07 bits per heavy atom. The van der Waals surface area contributed by atoms with E-state index in [0.717, 1.165) is 11.1 Å². The largest absolute Gasteiger partial charge is 0.503 e. The molecule has 4 aromatic rings. The van der Waals surface area contributed by atoms with Crippen molar-refractivity contribution in [3.05, 3.63) is 118 Å². The maximum Gasteiger partial charge on any atom is 0.290 e. The first-order valence-electron chi connectivity index (χ1n) is 12.6. The van der Waals surface area contributed by atoms with Gasteiger partial charge in [0.2, 0.25) is 5.78 Å². The molecule has 1 aliphatic rings. The van der Waals surface area contributed by atoms with E-state index < -0.39 is 23.5 Å². The second-order valence-corrected chi connectivity index (χ2v) is 10.3. The first-order valence-corrected chi connectivity index (χ1v) is 13.5. The summed E-state index contributed by atoms with van der Waals surface area (Å²) in [5, 5.41) is 11.7. The van der Waals surface area contributed by atoms with Gasteiger partial charge in [-0.15, -0.1) is 11.3 Å². The summed E-state index contributed by atoms with van der Waals surface area (Å²) in [6.07, 6.45) is 0. The van der Waals surface area contributed by atoms with Gasteiger partial charge in [0.1, 0.15) is 23.2 Å². The predicted octanol–water partition coefficient (Wildman–Crippen LogP) is 6.06. The van der Waals surface area contributed by atoms with Crippen molar-refractivity contribution in [1.29, 1.82) is 0 Å². The van der Waals surface area contributed by atoms with Gasteiger partial charge in [0.15, 0.2) is 5.76 Å². The Morgan fingerprint density at radius 3 is 2.55 bits per heavy atom. The van der Waals surface area contributed by atoms with Crippen LogP contribution in [0.3, 0.4) is 0 Å². The molecule has 0 saturated heterocycles. The van der Waals surface area contributed by atoms with Crippen molar-refractivity contribution in [2.45, 2.75) is 19.6 Å². The summed E-state index contributed by atoms with van der Waals surface area (Å²) < 4.78 is 24.4. The number of methoxy groups -OCH3 is 1. The maximum absolute atomic E-state index is 14.0. The number of ether oxygens (including phenoxy) is 2. The Balaban J connectivity index is 1.49. The van der Waals surface area contributed by atoms with Gasteiger partial charge in [0.05, 0.1) is 28.8 Å². The number of aliphatic hydroxyl groups is 1. The highest BCUT2D eigenvalue weighted by Crippen LogP contribution is 2.41. The number of hydrogen-bond acceptors (Lipinski definition) is 7. The molecule has 1 amide bonds. The molecular formula is C31H27FN2O5S. The van der Waals surface area contributed by atoms with Crippen molar-refractivity contribution in [3.63, 3.8) is 0 Å². The molecule has 0 aliphatic carbocycles. The van der Waals surface area contributed by atoms with Crippen LogP contribution < -0.4 is 4.74 Å². The molecule has 1 aliphatic heterocycles. The number of halogens is 1. The summed E-state index contributed by atoms with van der Waals surface area (Å²) in [5.74, 6) is -1.51. The molecule has 0 fully saturated rings. The lowest BCUT2D eigenvalue weighted by molar-refractivity contribution is -0.130. The highest BCUT2D eigenvalue weighted by molar-refractivity contribution is 7.17. The molecule has 7 nitrogen and oxygen atoms in total. The molecule has 3 aromatic carbocycles. The van der Waals surface area contributed by atoms with Crippen molar-refractivity contribution in [2.24, 2.45) is 0 Å². The third kappa shape index (κ3) is 5.52. The van der Waals surface area contributed by atoms with Crippen LogP contribution in [0.15, 0.2) is 90.2 Å². The first kappa shape index (κ1) is 27.2. The summed E-state index contributed by atoms with van der Waals surface area (Å²) in [5.41, 5.74) is 2.77. The summed E-state index contributed by atoms with van der Waals surface area (Å²) in [4.78, 5) is 33.6. The fourth-order valence-electron chi connectivity index (χ4n) is 4.61. The van der Waals surface area contributed by atoms with Gasteiger partial charge in [0, 0.05) is 19.2 Å². The van der Waals surface area contributed by atoms with Crippen molar-refractivity contribution < 1.29 is 28.6 Å². The van der Waals surface area contributed by atoms with Crippen LogP contribution in [0.5, 0.6) is 5.75 Å². The average molecular weight is 559 g/mol. The number of amides is 1. The van der Waals surface area contributed by atoms with Gasteiger partial charge in [0.25, 0.3) is 5.91 Å². The summed E-state index contributed by atoms with van der Waals surface area (Å²) in [6, 6.07) is 21.7. The number of rotatable bonds is 10. The Kier molecular flexibility index (Phi) is 8.04. The number of aromatic nitrogens is 1. The number of aliphatic hydroxyl groups excluding tert-OH is 1. The SMILES string of the molecule is COCCN1C(=O)C(O)=C(C(=O)c2sc(-c3ccccc3)nc2C)C1c1cccc(OCc2ccc(F)cc2)c1. The van der Waals surface area contributed by atoms with Crippen LogP contribution >= 0.6 is 11.3 Å².